The van der Waals surface area contributed by atoms with Crippen LogP contribution in [0.2, 0.25) is 0 Å². The maximum atomic E-state index is 5.89. The third kappa shape index (κ3) is 8.66. The lowest BCUT2D eigenvalue weighted by Gasteiger charge is -2.30. The van der Waals surface area contributed by atoms with Crippen molar-refractivity contribution in [3.63, 3.8) is 0 Å². The van der Waals surface area contributed by atoms with E-state index in [4.69, 9.17) is 9.47 Å². The summed E-state index contributed by atoms with van der Waals surface area (Å²) in [6, 6.07) is 8.10. The molecule has 1 aliphatic rings. The van der Waals surface area contributed by atoms with Crippen LogP contribution >= 0.6 is 24.0 Å². The van der Waals surface area contributed by atoms with Gasteiger partial charge in [-0.25, -0.2) is 0 Å². The Hall–Kier alpha value is -1.06. The summed E-state index contributed by atoms with van der Waals surface area (Å²) in [4.78, 5) is 8.97. The number of rotatable bonds is 8. The normalized spacial score (nSPS) is 16.4. The van der Waals surface area contributed by atoms with Crippen molar-refractivity contribution in [2.75, 3.05) is 66.6 Å². The van der Waals surface area contributed by atoms with Gasteiger partial charge in [-0.2, -0.15) is 0 Å². The second-order valence-electron chi connectivity index (χ2n) is 6.98. The summed E-state index contributed by atoms with van der Waals surface area (Å²) in [6.45, 7) is 11.5. The molecule has 1 aromatic rings. The van der Waals surface area contributed by atoms with E-state index in [0.717, 1.165) is 63.2 Å². The summed E-state index contributed by atoms with van der Waals surface area (Å²) in [5, 5.41) is 3.48. The molecule has 1 atom stereocenters. The molecule has 1 aliphatic heterocycles. The van der Waals surface area contributed by atoms with E-state index in [-0.39, 0.29) is 24.0 Å². The van der Waals surface area contributed by atoms with Gasteiger partial charge in [-0.1, -0.05) is 25.1 Å². The maximum absolute atomic E-state index is 5.89. The SMILES string of the molecule is CN=C(NCC(C)CN1CCOCC1)N(C)CCOc1ccccc1C.I. The van der Waals surface area contributed by atoms with Gasteiger partial charge in [-0.15, -0.1) is 24.0 Å². The number of halogens is 1. The molecule has 0 aliphatic carbocycles. The summed E-state index contributed by atoms with van der Waals surface area (Å²) in [5.74, 6) is 2.41. The Morgan fingerprint density at radius 3 is 2.70 bits per heavy atom. The van der Waals surface area contributed by atoms with Crippen LogP contribution in [-0.4, -0.2) is 82.4 Å². The van der Waals surface area contributed by atoms with Crippen LogP contribution < -0.4 is 10.1 Å². The van der Waals surface area contributed by atoms with Crippen LogP contribution in [0.1, 0.15) is 12.5 Å². The molecule has 0 saturated carbocycles. The van der Waals surface area contributed by atoms with Gasteiger partial charge in [-0.3, -0.25) is 9.89 Å². The van der Waals surface area contributed by atoms with Crippen molar-refractivity contribution in [3.8, 4) is 5.75 Å². The number of hydrogen-bond donors (Lipinski definition) is 1. The summed E-state index contributed by atoms with van der Waals surface area (Å²) in [5.41, 5.74) is 1.16. The number of likely N-dealkylation sites (N-methyl/N-ethyl adjacent to an activating group) is 1. The number of aliphatic imine (C=N–C) groups is 1. The number of morpholine rings is 1. The lowest BCUT2D eigenvalue weighted by Crippen LogP contribution is -2.45. The van der Waals surface area contributed by atoms with E-state index in [1.807, 2.05) is 32.3 Å². The molecule has 1 heterocycles. The van der Waals surface area contributed by atoms with Crippen molar-refractivity contribution < 1.29 is 9.47 Å². The third-order valence-electron chi connectivity index (χ3n) is 4.63. The van der Waals surface area contributed by atoms with Crippen LogP contribution in [0.15, 0.2) is 29.3 Å². The number of guanidine groups is 1. The number of nitrogens with zero attached hydrogens (tertiary/aromatic N) is 3. The van der Waals surface area contributed by atoms with Crippen molar-refractivity contribution in [2.24, 2.45) is 10.9 Å². The highest BCUT2D eigenvalue weighted by Gasteiger charge is 2.14. The lowest BCUT2D eigenvalue weighted by molar-refractivity contribution is 0.0320. The molecular weight excluding hydrogens is 455 g/mol. The van der Waals surface area contributed by atoms with Crippen molar-refractivity contribution >= 4 is 29.9 Å². The Labute approximate surface area is 181 Å². The average Bonchev–Trinajstić information content (AvgIpc) is 2.64. The van der Waals surface area contributed by atoms with E-state index in [9.17, 15) is 0 Å². The Balaban J connectivity index is 0.00000364. The fourth-order valence-electron chi connectivity index (χ4n) is 3.06. The molecule has 0 radical (unpaired) electrons. The van der Waals surface area contributed by atoms with E-state index in [0.29, 0.717) is 12.5 Å². The molecule has 6 nitrogen and oxygen atoms in total. The zero-order chi connectivity index (χ0) is 18.8. The minimum Gasteiger partial charge on any atom is -0.491 e. The standard InChI is InChI=1S/C20H34N4O2.HI/c1-17(16-24-10-12-25-13-11-24)15-22-20(21-3)23(4)9-14-26-19-8-6-5-7-18(19)2;/h5-8,17H,9-16H2,1-4H3,(H,21,22);1H. The van der Waals surface area contributed by atoms with Gasteiger partial charge in [0, 0.05) is 40.3 Å². The minimum absolute atomic E-state index is 0. The van der Waals surface area contributed by atoms with Crippen LogP contribution in [0.4, 0.5) is 0 Å². The first-order valence-corrected chi connectivity index (χ1v) is 9.50. The lowest BCUT2D eigenvalue weighted by atomic mass is 10.1. The summed E-state index contributed by atoms with van der Waals surface area (Å²) in [7, 11) is 3.87. The van der Waals surface area contributed by atoms with E-state index < -0.39 is 0 Å². The van der Waals surface area contributed by atoms with Crippen molar-refractivity contribution in [1.29, 1.82) is 0 Å². The Morgan fingerprint density at radius 1 is 1.33 bits per heavy atom. The van der Waals surface area contributed by atoms with Gasteiger partial charge < -0.3 is 19.7 Å². The van der Waals surface area contributed by atoms with Crippen LogP contribution in [0.25, 0.3) is 0 Å². The third-order valence-corrected chi connectivity index (χ3v) is 4.63. The molecular formula is C20H35IN4O2. The predicted octanol–water partition coefficient (Wildman–Crippen LogP) is 2.47. The summed E-state index contributed by atoms with van der Waals surface area (Å²) >= 11 is 0. The van der Waals surface area contributed by atoms with Gasteiger partial charge >= 0.3 is 0 Å². The van der Waals surface area contributed by atoms with Crippen molar-refractivity contribution in [1.82, 2.24) is 15.1 Å². The molecule has 154 valence electrons. The van der Waals surface area contributed by atoms with Crippen molar-refractivity contribution in [3.05, 3.63) is 29.8 Å². The van der Waals surface area contributed by atoms with Crippen LogP contribution in [-0.2, 0) is 4.74 Å². The number of ether oxygens (including phenoxy) is 2. The van der Waals surface area contributed by atoms with E-state index >= 15 is 0 Å². The molecule has 27 heavy (non-hydrogen) atoms. The quantitative estimate of drug-likeness (QED) is 0.345. The highest BCUT2D eigenvalue weighted by Crippen LogP contribution is 2.15. The van der Waals surface area contributed by atoms with Crippen LogP contribution in [0.3, 0.4) is 0 Å². The van der Waals surface area contributed by atoms with E-state index in [1.165, 1.54) is 0 Å². The molecule has 1 aromatic carbocycles. The first-order valence-electron chi connectivity index (χ1n) is 9.50. The Morgan fingerprint density at radius 2 is 2.04 bits per heavy atom. The topological polar surface area (TPSA) is 49.3 Å². The molecule has 0 spiro atoms. The largest absolute Gasteiger partial charge is 0.491 e. The van der Waals surface area contributed by atoms with E-state index in [2.05, 4.69) is 40.0 Å². The van der Waals surface area contributed by atoms with Gasteiger partial charge in [0.2, 0.25) is 0 Å². The monoisotopic (exact) mass is 490 g/mol. The zero-order valence-electron chi connectivity index (χ0n) is 17.1. The molecule has 0 bridgehead atoms. The molecule has 1 unspecified atom stereocenters. The maximum Gasteiger partial charge on any atom is 0.193 e. The number of hydrogen-bond acceptors (Lipinski definition) is 4. The van der Waals surface area contributed by atoms with Crippen molar-refractivity contribution in [2.45, 2.75) is 13.8 Å². The molecule has 1 fully saturated rings. The van der Waals surface area contributed by atoms with Gasteiger partial charge in [0.25, 0.3) is 0 Å². The van der Waals surface area contributed by atoms with Gasteiger partial charge in [0.05, 0.1) is 19.8 Å². The number of nitrogens with one attached hydrogen (secondary N) is 1. The average molecular weight is 490 g/mol. The Kier molecular flexibility index (Phi) is 11.7. The van der Waals surface area contributed by atoms with Crippen LogP contribution in [0, 0.1) is 12.8 Å². The minimum atomic E-state index is 0. The first-order chi connectivity index (χ1) is 12.6. The predicted molar refractivity (Wildman–Crippen MR) is 123 cm³/mol. The van der Waals surface area contributed by atoms with E-state index in [1.54, 1.807) is 0 Å². The fraction of sp³-hybridized carbons (Fsp3) is 0.650. The molecule has 0 aromatic heterocycles. The number of aryl methyl sites for hydroxylation is 1. The van der Waals surface area contributed by atoms with Crippen LogP contribution in [0.5, 0.6) is 5.75 Å². The van der Waals surface area contributed by atoms with Gasteiger partial charge in [-0.05, 0) is 24.5 Å². The first kappa shape index (κ1) is 24.0. The fourth-order valence-corrected chi connectivity index (χ4v) is 3.06. The molecule has 1 N–H and O–H groups in total. The number of benzene rings is 1. The number of para-hydroxylation sites is 1. The summed E-state index contributed by atoms with van der Waals surface area (Å²) in [6.07, 6.45) is 0. The van der Waals surface area contributed by atoms with Gasteiger partial charge in [0.15, 0.2) is 5.96 Å². The second-order valence-corrected chi connectivity index (χ2v) is 6.98. The second kappa shape index (κ2) is 13.2. The summed E-state index contributed by atoms with van der Waals surface area (Å²) < 4.78 is 11.3. The molecule has 0 amide bonds. The molecule has 2 rings (SSSR count). The molecule has 1 saturated heterocycles. The smallest absolute Gasteiger partial charge is 0.193 e. The van der Waals surface area contributed by atoms with Gasteiger partial charge in [0.1, 0.15) is 12.4 Å². The highest BCUT2D eigenvalue weighted by molar-refractivity contribution is 14.0. The highest BCUT2D eigenvalue weighted by atomic mass is 127. The Bertz CT molecular complexity index is 565. The molecule has 7 heteroatoms. The zero-order valence-corrected chi connectivity index (χ0v) is 19.4.